The summed E-state index contributed by atoms with van der Waals surface area (Å²) in [7, 11) is 4.00. The van der Waals surface area contributed by atoms with Crippen molar-refractivity contribution in [1.82, 2.24) is 4.57 Å². The third kappa shape index (κ3) is 6.30. The summed E-state index contributed by atoms with van der Waals surface area (Å²) in [5, 5.41) is 0. The lowest BCUT2D eigenvalue weighted by molar-refractivity contribution is -0.143. The number of esters is 2. The van der Waals surface area contributed by atoms with Crippen LogP contribution in [0, 0.1) is 6.92 Å². The highest BCUT2D eigenvalue weighted by Crippen LogP contribution is 2.19. The number of carbonyl (C=O) groups is 3. The first kappa shape index (κ1) is 23.4. The molecule has 2 aromatic rings. The molecule has 1 aromatic heterocycles. The highest BCUT2D eigenvalue weighted by molar-refractivity contribution is 6.08. The van der Waals surface area contributed by atoms with Gasteiger partial charge in [0, 0.05) is 18.8 Å². The molecule has 0 N–H and O–H groups in total. The topological polar surface area (TPSA) is 110 Å². The molecule has 1 aromatic carbocycles. The largest absolute Gasteiger partial charge is 0.482 e. The zero-order valence-corrected chi connectivity index (χ0v) is 17.7. The zero-order valence-electron chi connectivity index (χ0n) is 17.7. The number of hydrogen-bond acceptors (Lipinski definition) is 8. The van der Waals surface area contributed by atoms with E-state index in [1.165, 1.54) is 44.1 Å². The molecule has 0 atom stereocenters. The predicted molar refractivity (Wildman–Crippen MR) is 111 cm³/mol. The number of ether oxygens (including phenoxy) is 4. The Morgan fingerprint density at radius 3 is 2.29 bits per heavy atom. The number of methoxy groups -OCH3 is 2. The number of pyridine rings is 1. The molecule has 0 radical (unpaired) electrons. The summed E-state index contributed by atoms with van der Waals surface area (Å²) in [5.41, 5.74) is 0.411. The lowest BCUT2D eigenvalue weighted by Gasteiger charge is -2.12. The number of ketones is 1. The third-order valence-corrected chi connectivity index (χ3v) is 4.32. The second-order valence-corrected chi connectivity index (χ2v) is 6.39. The first-order valence-corrected chi connectivity index (χ1v) is 9.19. The summed E-state index contributed by atoms with van der Waals surface area (Å²) in [5.74, 6) is -1.35. The maximum Gasteiger partial charge on any atom is 0.343 e. The van der Waals surface area contributed by atoms with Crippen molar-refractivity contribution in [3.05, 3.63) is 63.6 Å². The van der Waals surface area contributed by atoms with Gasteiger partial charge in [0.2, 0.25) is 0 Å². The number of carbonyl (C=O) groups excluding carboxylic acids is 3. The van der Waals surface area contributed by atoms with Crippen LogP contribution < -0.4 is 15.0 Å². The Kier molecular flexibility index (Phi) is 8.13. The molecule has 9 heteroatoms. The Labute approximate surface area is 178 Å². The van der Waals surface area contributed by atoms with Gasteiger partial charge in [0.15, 0.2) is 19.0 Å². The van der Waals surface area contributed by atoms with Crippen molar-refractivity contribution in [2.75, 3.05) is 27.4 Å². The molecule has 0 amide bonds. The minimum atomic E-state index is -0.643. The fourth-order valence-electron chi connectivity index (χ4n) is 2.49. The number of benzene rings is 1. The van der Waals surface area contributed by atoms with Gasteiger partial charge in [-0.1, -0.05) is 18.2 Å². The van der Waals surface area contributed by atoms with Crippen LogP contribution in [0.3, 0.4) is 0 Å². The Morgan fingerprint density at radius 2 is 1.65 bits per heavy atom. The standard InChI is InChI=1S/C22H23NO8/c1-14-10-18(31-13-20(26)29-4)21(22(27)23(14)2)17(24)9-8-15-6-5-7-16(11-15)30-12-19(25)28-3/h5-11H,12-13H2,1-4H3. The van der Waals surface area contributed by atoms with Crippen molar-refractivity contribution < 1.29 is 33.3 Å². The first-order chi connectivity index (χ1) is 14.8. The number of hydrogen-bond donors (Lipinski definition) is 0. The van der Waals surface area contributed by atoms with Gasteiger partial charge in [-0.25, -0.2) is 9.59 Å². The van der Waals surface area contributed by atoms with Gasteiger partial charge in [-0.05, 0) is 30.7 Å². The van der Waals surface area contributed by atoms with Gasteiger partial charge in [0.1, 0.15) is 17.1 Å². The first-order valence-electron chi connectivity index (χ1n) is 9.19. The average Bonchev–Trinajstić information content (AvgIpc) is 2.77. The summed E-state index contributed by atoms with van der Waals surface area (Å²) in [6.07, 6.45) is 2.72. The highest BCUT2D eigenvalue weighted by Gasteiger charge is 2.19. The zero-order chi connectivity index (χ0) is 23.0. The van der Waals surface area contributed by atoms with Crippen LogP contribution in [0.1, 0.15) is 21.6 Å². The highest BCUT2D eigenvalue weighted by atomic mass is 16.6. The summed E-state index contributed by atoms with van der Waals surface area (Å²) in [6, 6.07) is 8.18. The normalized spacial score (nSPS) is 10.6. The van der Waals surface area contributed by atoms with Gasteiger partial charge in [0.25, 0.3) is 5.56 Å². The monoisotopic (exact) mass is 429 g/mol. The van der Waals surface area contributed by atoms with E-state index in [1.807, 2.05) is 0 Å². The number of rotatable bonds is 9. The van der Waals surface area contributed by atoms with E-state index >= 15 is 0 Å². The van der Waals surface area contributed by atoms with Crippen LogP contribution in [-0.2, 0) is 26.1 Å². The predicted octanol–water partition coefficient (Wildman–Crippen LogP) is 1.69. The minimum absolute atomic E-state index is 0.00388. The van der Waals surface area contributed by atoms with Gasteiger partial charge < -0.3 is 23.5 Å². The smallest absolute Gasteiger partial charge is 0.343 e. The molecule has 2 rings (SSSR count). The molecule has 0 aliphatic rings. The van der Waals surface area contributed by atoms with E-state index in [4.69, 9.17) is 9.47 Å². The van der Waals surface area contributed by atoms with Crippen LogP contribution in [-0.4, -0.2) is 49.7 Å². The maximum atomic E-state index is 12.8. The summed E-state index contributed by atoms with van der Waals surface area (Å²) < 4.78 is 21.0. The molecule has 0 fully saturated rings. The average molecular weight is 429 g/mol. The molecule has 0 spiro atoms. The third-order valence-electron chi connectivity index (χ3n) is 4.32. The van der Waals surface area contributed by atoms with Gasteiger partial charge >= 0.3 is 11.9 Å². The number of aryl methyl sites for hydroxylation is 1. The van der Waals surface area contributed by atoms with E-state index in [9.17, 15) is 19.2 Å². The molecule has 31 heavy (non-hydrogen) atoms. The van der Waals surface area contributed by atoms with Gasteiger partial charge in [-0.2, -0.15) is 0 Å². The summed E-state index contributed by atoms with van der Waals surface area (Å²) >= 11 is 0. The maximum absolute atomic E-state index is 12.8. The molecular weight excluding hydrogens is 406 g/mol. The molecule has 0 saturated carbocycles. The van der Waals surface area contributed by atoms with E-state index in [1.54, 1.807) is 31.2 Å². The van der Waals surface area contributed by atoms with Crippen molar-refractivity contribution in [2.24, 2.45) is 7.05 Å². The number of aromatic nitrogens is 1. The summed E-state index contributed by atoms with van der Waals surface area (Å²) in [4.78, 5) is 48.0. The Hall–Kier alpha value is -3.88. The number of allylic oxidation sites excluding steroid dienone is 1. The van der Waals surface area contributed by atoms with Crippen LogP contribution >= 0.6 is 0 Å². The molecule has 9 nitrogen and oxygen atoms in total. The number of nitrogens with zero attached hydrogens (tertiary/aromatic N) is 1. The fourth-order valence-corrected chi connectivity index (χ4v) is 2.49. The second-order valence-electron chi connectivity index (χ2n) is 6.39. The lowest BCUT2D eigenvalue weighted by atomic mass is 10.1. The molecule has 164 valence electrons. The SMILES string of the molecule is COC(=O)COc1cccc(C=CC(=O)c2c(OCC(=O)OC)cc(C)n(C)c2=O)c1. The van der Waals surface area contributed by atoms with Crippen LogP contribution in [0.2, 0.25) is 0 Å². The van der Waals surface area contributed by atoms with Crippen molar-refractivity contribution >= 4 is 23.8 Å². The van der Waals surface area contributed by atoms with E-state index in [-0.39, 0.29) is 17.9 Å². The molecule has 0 saturated heterocycles. The van der Waals surface area contributed by atoms with Gasteiger partial charge in [-0.3, -0.25) is 9.59 Å². The Balaban J connectivity index is 2.27. The van der Waals surface area contributed by atoms with Crippen molar-refractivity contribution in [1.29, 1.82) is 0 Å². The van der Waals surface area contributed by atoms with Crippen LogP contribution in [0.5, 0.6) is 11.5 Å². The van der Waals surface area contributed by atoms with Crippen LogP contribution in [0.25, 0.3) is 6.08 Å². The van der Waals surface area contributed by atoms with Crippen molar-refractivity contribution in [3.63, 3.8) is 0 Å². The lowest BCUT2D eigenvalue weighted by Crippen LogP contribution is -2.27. The van der Waals surface area contributed by atoms with Gasteiger partial charge in [0.05, 0.1) is 14.2 Å². The molecule has 0 bridgehead atoms. The molecule has 0 aliphatic carbocycles. The Bertz CT molecular complexity index is 1070. The van der Waals surface area contributed by atoms with E-state index in [0.29, 0.717) is 17.0 Å². The van der Waals surface area contributed by atoms with E-state index in [0.717, 1.165) is 0 Å². The van der Waals surface area contributed by atoms with Crippen molar-refractivity contribution in [3.8, 4) is 11.5 Å². The summed E-state index contributed by atoms with van der Waals surface area (Å²) in [6.45, 7) is 0.992. The van der Waals surface area contributed by atoms with E-state index in [2.05, 4.69) is 9.47 Å². The Morgan fingerprint density at radius 1 is 1.00 bits per heavy atom. The quantitative estimate of drug-likeness (QED) is 0.337. The van der Waals surface area contributed by atoms with Gasteiger partial charge in [-0.15, -0.1) is 0 Å². The van der Waals surface area contributed by atoms with Crippen molar-refractivity contribution in [2.45, 2.75) is 6.92 Å². The molecular formula is C22H23NO8. The molecule has 0 aliphatic heterocycles. The second kappa shape index (κ2) is 10.8. The minimum Gasteiger partial charge on any atom is -0.482 e. The van der Waals surface area contributed by atoms with Crippen LogP contribution in [0.15, 0.2) is 41.2 Å². The van der Waals surface area contributed by atoms with E-state index < -0.39 is 29.9 Å². The molecule has 0 unspecified atom stereocenters. The fraction of sp³-hybridized carbons (Fsp3) is 0.273. The molecule has 1 heterocycles. The van der Waals surface area contributed by atoms with Crippen LogP contribution in [0.4, 0.5) is 0 Å².